The zero-order valence-electron chi connectivity index (χ0n) is 25.9. The van der Waals surface area contributed by atoms with Gasteiger partial charge in [0.05, 0.1) is 0 Å². The molecule has 0 spiro atoms. The summed E-state index contributed by atoms with van der Waals surface area (Å²) in [5.74, 6) is 0.539. The first kappa shape index (κ1) is 30.1. The number of hydrogen-bond acceptors (Lipinski definition) is 5. The number of hydrogen-bond donors (Lipinski definition) is 0. The Balaban J connectivity index is 1.09. The molecule has 0 N–H and O–H groups in total. The van der Waals surface area contributed by atoms with Crippen molar-refractivity contribution in [1.82, 2.24) is 0 Å². The van der Waals surface area contributed by atoms with Gasteiger partial charge in [-0.2, -0.15) is 0 Å². The zero-order valence-corrected chi connectivity index (χ0v) is 27.5. The van der Waals surface area contributed by atoms with Crippen molar-refractivity contribution in [2.75, 3.05) is 0 Å². The fraction of sp³-hybridized carbons (Fsp3) is 0.122. The molecule has 6 aromatic rings. The van der Waals surface area contributed by atoms with Crippen LogP contribution in [0.3, 0.4) is 0 Å². The highest BCUT2D eigenvalue weighted by Crippen LogP contribution is 2.41. The Morgan fingerprint density at radius 2 is 1.13 bits per heavy atom. The smallest absolute Gasteiger partial charge is 0.195 e. The third kappa shape index (κ3) is 6.01. The molecule has 0 aliphatic heterocycles. The van der Waals surface area contributed by atoms with Gasteiger partial charge in [0.25, 0.3) is 0 Å². The average Bonchev–Trinajstić information content (AvgIpc) is 3.06. The SMILES string of the molecule is CC(C)(C)c1ccc(COc2ccc(Sc3cccc4c3C(=O)c3cccc(Sc5ccc6ccccc6c5)c3C4=O)cc2)cc1. The van der Waals surface area contributed by atoms with Crippen LogP contribution in [0.5, 0.6) is 5.75 Å². The predicted molar refractivity (Wildman–Crippen MR) is 188 cm³/mol. The molecule has 1 aliphatic rings. The Labute approximate surface area is 278 Å². The van der Waals surface area contributed by atoms with E-state index in [0.717, 1.165) is 41.7 Å². The molecule has 0 saturated heterocycles. The lowest BCUT2D eigenvalue weighted by Crippen LogP contribution is -2.22. The summed E-state index contributed by atoms with van der Waals surface area (Å²) in [6.45, 7) is 7.11. The van der Waals surface area contributed by atoms with Crippen molar-refractivity contribution < 1.29 is 14.3 Å². The molecule has 46 heavy (non-hydrogen) atoms. The van der Waals surface area contributed by atoms with Crippen LogP contribution in [0.2, 0.25) is 0 Å². The lowest BCUT2D eigenvalue weighted by atomic mass is 9.84. The number of fused-ring (bicyclic) bond motifs is 3. The minimum Gasteiger partial charge on any atom is -0.489 e. The van der Waals surface area contributed by atoms with E-state index in [9.17, 15) is 9.59 Å². The monoisotopic (exact) mass is 636 g/mol. The zero-order chi connectivity index (χ0) is 31.8. The van der Waals surface area contributed by atoms with Crippen molar-refractivity contribution >= 4 is 45.9 Å². The molecule has 226 valence electrons. The summed E-state index contributed by atoms with van der Waals surface area (Å²) in [7, 11) is 0. The molecule has 6 aromatic carbocycles. The highest BCUT2D eigenvalue weighted by atomic mass is 32.2. The van der Waals surface area contributed by atoms with E-state index in [1.165, 1.54) is 29.1 Å². The third-order valence-corrected chi connectivity index (χ3v) is 10.3. The fourth-order valence-corrected chi connectivity index (χ4v) is 7.71. The standard InChI is InChI=1S/C41H32O3S2/c1-41(2,3)29-17-14-26(15-18-29)25-44-30-19-22-31(23-20-30)45-35-12-6-10-33-37(35)39(42)34-11-7-13-36(38(34)40(33)43)46-32-21-16-27-8-4-5-9-28(27)24-32/h4-24H,25H2,1-3H3. The molecule has 5 heteroatoms. The molecule has 3 nitrogen and oxygen atoms in total. The molecule has 0 atom stereocenters. The highest BCUT2D eigenvalue weighted by Gasteiger charge is 2.33. The predicted octanol–water partition coefficient (Wildman–Crippen LogP) is 10.8. The van der Waals surface area contributed by atoms with Gasteiger partial charge < -0.3 is 4.74 Å². The Hall–Kier alpha value is -4.58. The molecule has 0 unspecified atom stereocenters. The molecule has 0 amide bonds. The minimum atomic E-state index is -0.119. The summed E-state index contributed by atoms with van der Waals surface area (Å²) < 4.78 is 6.05. The summed E-state index contributed by atoms with van der Waals surface area (Å²) in [6.07, 6.45) is 0. The molecular formula is C41H32O3S2. The van der Waals surface area contributed by atoms with Gasteiger partial charge in [0.1, 0.15) is 12.4 Å². The van der Waals surface area contributed by atoms with E-state index in [0.29, 0.717) is 28.9 Å². The van der Waals surface area contributed by atoms with E-state index < -0.39 is 0 Å². The van der Waals surface area contributed by atoms with E-state index in [-0.39, 0.29) is 17.0 Å². The summed E-state index contributed by atoms with van der Waals surface area (Å²) in [5, 5.41) is 2.30. The van der Waals surface area contributed by atoms with Gasteiger partial charge >= 0.3 is 0 Å². The summed E-state index contributed by atoms with van der Waals surface area (Å²) in [6, 6.07) is 42.0. The fourth-order valence-electron chi connectivity index (χ4n) is 5.70. The molecule has 0 aromatic heterocycles. The highest BCUT2D eigenvalue weighted by molar-refractivity contribution is 7.99. The van der Waals surface area contributed by atoms with Crippen LogP contribution in [-0.4, -0.2) is 11.6 Å². The van der Waals surface area contributed by atoms with E-state index in [4.69, 9.17) is 4.74 Å². The van der Waals surface area contributed by atoms with Crippen molar-refractivity contribution in [3.8, 4) is 5.75 Å². The number of ether oxygens (including phenoxy) is 1. The van der Waals surface area contributed by atoms with Crippen LogP contribution in [-0.2, 0) is 12.0 Å². The Kier molecular flexibility index (Phi) is 8.06. The average molecular weight is 637 g/mol. The lowest BCUT2D eigenvalue weighted by molar-refractivity contribution is 0.0974. The van der Waals surface area contributed by atoms with Crippen LogP contribution in [0.15, 0.2) is 147 Å². The third-order valence-electron chi connectivity index (χ3n) is 8.22. The van der Waals surface area contributed by atoms with Gasteiger partial charge in [0.2, 0.25) is 0 Å². The lowest BCUT2D eigenvalue weighted by Gasteiger charge is -2.22. The molecule has 0 radical (unpaired) electrons. The number of rotatable bonds is 7. The quantitative estimate of drug-likeness (QED) is 0.174. The molecule has 7 rings (SSSR count). The Bertz CT molecular complexity index is 2110. The first-order valence-corrected chi connectivity index (χ1v) is 16.9. The van der Waals surface area contributed by atoms with Crippen LogP contribution in [0.1, 0.15) is 63.7 Å². The first-order valence-electron chi connectivity index (χ1n) is 15.3. The maximum atomic E-state index is 14.0. The van der Waals surface area contributed by atoms with E-state index in [1.807, 2.05) is 60.7 Å². The van der Waals surface area contributed by atoms with Crippen molar-refractivity contribution in [1.29, 1.82) is 0 Å². The normalized spacial score (nSPS) is 12.6. The first-order chi connectivity index (χ1) is 22.2. The van der Waals surface area contributed by atoms with Gasteiger partial charge in [-0.05, 0) is 75.8 Å². The number of benzene rings is 6. The summed E-state index contributed by atoms with van der Waals surface area (Å²) >= 11 is 3.00. The van der Waals surface area contributed by atoms with E-state index >= 15 is 0 Å². The molecular weight excluding hydrogens is 605 g/mol. The van der Waals surface area contributed by atoms with Crippen LogP contribution >= 0.6 is 23.5 Å². The van der Waals surface area contributed by atoms with E-state index in [1.54, 1.807) is 12.1 Å². The van der Waals surface area contributed by atoms with Gasteiger partial charge in [0, 0.05) is 41.8 Å². The topological polar surface area (TPSA) is 43.4 Å². The van der Waals surface area contributed by atoms with Gasteiger partial charge in [0.15, 0.2) is 11.6 Å². The van der Waals surface area contributed by atoms with Crippen LogP contribution in [0.25, 0.3) is 10.8 Å². The summed E-state index contributed by atoms with van der Waals surface area (Å²) in [5.41, 5.74) is 4.38. The second-order valence-corrected chi connectivity index (χ2v) is 14.7. The number of ketones is 2. The van der Waals surface area contributed by atoms with Crippen molar-refractivity contribution in [3.63, 3.8) is 0 Å². The van der Waals surface area contributed by atoms with Gasteiger partial charge in [-0.1, -0.05) is 123 Å². The van der Waals surface area contributed by atoms with Crippen molar-refractivity contribution in [2.24, 2.45) is 0 Å². The molecule has 0 heterocycles. The Morgan fingerprint density at radius 1 is 0.565 bits per heavy atom. The van der Waals surface area contributed by atoms with Crippen molar-refractivity contribution in [3.05, 3.63) is 161 Å². The van der Waals surface area contributed by atoms with Crippen LogP contribution in [0, 0.1) is 0 Å². The van der Waals surface area contributed by atoms with Crippen LogP contribution < -0.4 is 4.74 Å². The van der Waals surface area contributed by atoms with E-state index in [2.05, 4.69) is 75.4 Å². The molecule has 1 aliphatic carbocycles. The maximum absolute atomic E-state index is 14.0. The summed E-state index contributed by atoms with van der Waals surface area (Å²) in [4.78, 5) is 31.5. The minimum absolute atomic E-state index is 0.116. The van der Waals surface area contributed by atoms with Crippen molar-refractivity contribution in [2.45, 2.75) is 52.4 Å². The molecule has 0 saturated carbocycles. The Morgan fingerprint density at radius 3 is 1.74 bits per heavy atom. The van der Waals surface area contributed by atoms with Gasteiger partial charge in [-0.25, -0.2) is 0 Å². The maximum Gasteiger partial charge on any atom is 0.195 e. The van der Waals surface area contributed by atoms with Gasteiger partial charge in [-0.15, -0.1) is 0 Å². The second kappa shape index (κ2) is 12.3. The molecule has 0 fully saturated rings. The van der Waals surface area contributed by atoms with Gasteiger partial charge in [-0.3, -0.25) is 9.59 Å². The van der Waals surface area contributed by atoms with Crippen LogP contribution in [0.4, 0.5) is 0 Å². The molecule has 0 bridgehead atoms. The number of carbonyl (C=O) groups is 2. The largest absolute Gasteiger partial charge is 0.489 e. The second-order valence-electron chi connectivity index (χ2n) is 12.4. The number of carbonyl (C=O) groups excluding carboxylic acids is 2.